The molecule has 1 aromatic carbocycles. The van der Waals surface area contributed by atoms with Crippen LogP contribution in [0.25, 0.3) is 10.9 Å². The Kier molecular flexibility index (Phi) is 4.22. The van der Waals surface area contributed by atoms with Crippen molar-refractivity contribution in [2.75, 3.05) is 24.5 Å². The Morgan fingerprint density at radius 3 is 2.82 bits per heavy atom. The van der Waals surface area contributed by atoms with E-state index >= 15 is 0 Å². The molecule has 2 heterocycles. The Bertz CT molecular complexity index is 663. The highest BCUT2D eigenvalue weighted by molar-refractivity contribution is 5.93. The van der Waals surface area contributed by atoms with Crippen molar-refractivity contribution in [1.29, 1.82) is 0 Å². The molecule has 0 N–H and O–H groups in total. The minimum absolute atomic E-state index is 0.0989. The zero-order valence-electron chi connectivity index (χ0n) is 13.2. The van der Waals surface area contributed by atoms with Gasteiger partial charge in [-0.05, 0) is 38.8 Å². The maximum absolute atomic E-state index is 12.8. The van der Waals surface area contributed by atoms with E-state index in [1.165, 1.54) is 0 Å². The third-order valence-corrected chi connectivity index (χ3v) is 4.41. The molecular weight excluding hydrogens is 276 g/mol. The number of carbonyl (C=O) groups is 1. The Morgan fingerprint density at radius 2 is 2.05 bits per heavy atom. The molecule has 1 aliphatic heterocycles. The lowest BCUT2D eigenvalue weighted by molar-refractivity contribution is -0.132. The fraction of sp³-hybridized carbons (Fsp3) is 0.471. The van der Waals surface area contributed by atoms with Crippen molar-refractivity contribution in [2.45, 2.75) is 32.7 Å². The largest absolute Gasteiger partial charge is 0.344 e. The van der Waals surface area contributed by atoms with Crippen molar-refractivity contribution in [3.8, 4) is 0 Å². The normalized spacial score (nSPS) is 17.9. The van der Waals surface area contributed by atoms with Crippen LogP contribution in [0.1, 0.15) is 26.7 Å². The van der Waals surface area contributed by atoms with Gasteiger partial charge in [0.2, 0.25) is 5.91 Å². The van der Waals surface area contributed by atoms with Crippen molar-refractivity contribution in [2.24, 2.45) is 0 Å². The summed E-state index contributed by atoms with van der Waals surface area (Å²) >= 11 is 0. The standard InChI is InChI=1S/C17H22N4O/c1-3-20(4-2)17(22)15-10-7-11-21(15)16-13-8-5-6-9-14(13)18-12-19-16/h5-6,8-9,12,15H,3-4,7,10-11H2,1-2H3. The van der Waals surface area contributed by atoms with Crippen LogP contribution in [0.4, 0.5) is 5.82 Å². The number of aromatic nitrogens is 2. The van der Waals surface area contributed by atoms with Crippen LogP contribution in [-0.2, 0) is 4.79 Å². The van der Waals surface area contributed by atoms with Crippen molar-refractivity contribution < 1.29 is 4.79 Å². The van der Waals surface area contributed by atoms with Gasteiger partial charge in [-0.15, -0.1) is 0 Å². The lowest BCUT2D eigenvalue weighted by Gasteiger charge is -2.30. The lowest BCUT2D eigenvalue weighted by atomic mass is 10.1. The van der Waals surface area contributed by atoms with Crippen LogP contribution in [-0.4, -0.2) is 46.5 Å². The molecule has 1 amide bonds. The summed E-state index contributed by atoms with van der Waals surface area (Å²) in [5.74, 6) is 1.10. The van der Waals surface area contributed by atoms with Gasteiger partial charge >= 0.3 is 0 Å². The third-order valence-electron chi connectivity index (χ3n) is 4.41. The minimum Gasteiger partial charge on any atom is -0.344 e. The number of benzene rings is 1. The van der Waals surface area contributed by atoms with E-state index in [0.29, 0.717) is 0 Å². The first-order valence-corrected chi connectivity index (χ1v) is 8.01. The van der Waals surface area contributed by atoms with Gasteiger partial charge in [0.05, 0.1) is 5.52 Å². The molecular formula is C17H22N4O. The van der Waals surface area contributed by atoms with E-state index in [4.69, 9.17) is 0 Å². The minimum atomic E-state index is -0.0989. The smallest absolute Gasteiger partial charge is 0.245 e. The van der Waals surface area contributed by atoms with Gasteiger partial charge in [0, 0.05) is 25.0 Å². The molecule has 22 heavy (non-hydrogen) atoms. The molecule has 5 heteroatoms. The summed E-state index contributed by atoms with van der Waals surface area (Å²) in [6, 6.07) is 7.88. The van der Waals surface area contributed by atoms with E-state index in [-0.39, 0.29) is 11.9 Å². The second-order valence-electron chi connectivity index (χ2n) is 5.58. The summed E-state index contributed by atoms with van der Waals surface area (Å²) < 4.78 is 0. The van der Waals surface area contributed by atoms with E-state index in [1.807, 2.05) is 43.0 Å². The van der Waals surface area contributed by atoms with Crippen LogP contribution < -0.4 is 4.90 Å². The Labute approximate surface area is 131 Å². The van der Waals surface area contributed by atoms with Crippen LogP contribution in [0.15, 0.2) is 30.6 Å². The number of para-hydroxylation sites is 1. The van der Waals surface area contributed by atoms with E-state index in [0.717, 1.165) is 49.2 Å². The van der Waals surface area contributed by atoms with Gasteiger partial charge < -0.3 is 9.80 Å². The summed E-state index contributed by atoms with van der Waals surface area (Å²) in [4.78, 5) is 25.6. The number of nitrogens with zero attached hydrogens (tertiary/aromatic N) is 4. The van der Waals surface area contributed by atoms with Gasteiger partial charge in [-0.2, -0.15) is 0 Å². The quantitative estimate of drug-likeness (QED) is 0.870. The summed E-state index contributed by atoms with van der Waals surface area (Å²) in [5, 5.41) is 1.02. The summed E-state index contributed by atoms with van der Waals surface area (Å²) in [5.41, 5.74) is 0.924. The zero-order chi connectivity index (χ0) is 15.5. The predicted molar refractivity (Wildman–Crippen MR) is 87.8 cm³/mol. The number of carbonyl (C=O) groups excluding carboxylic acids is 1. The van der Waals surface area contributed by atoms with Crippen LogP contribution >= 0.6 is 0 Å². The molecule has 1 aromatic heterocycles. The first-order valence-electron chi connectivity index (χ1n) is 8.01. The molecule has 1 saturated heterocycles. The Morgan fingerprint density at radius 1 is 1.27 bits per heavy atom. The molecule has 0 saturated carbocycles. The highest BCUT2D eigenvalue weighted by Gasteiger charge is 2.34. The summed E-state index contributed by atoms with van der Waals surface area (Å²) in [6.07, 6.45) is 3.51. The van der Waals surface area contributed by atoms with Crippen molar-refractivity contribution >= 4 is 22.6 Å². The highest BCUT2D eigenvalue weighted by atomic mass is 16.2. The number of hydrogen-bond donors (Lipinski definition) is 0. The van der Waals surface area contributed by atoms with Crippen molar-refractivity contribution in [3.63, 3.8) is 0 Å². The van der Waals surface area contributed by atoms with Crippen molar-refractivity contribution in [1.82, 2.24) is 14.9 Å². The highest BCUT2D eigenvalue weighted by Crippen LogP contribution is 2.30. The van der Waals surface area contributed by atoms with E-state index in [9.17, 15) is 4.79 Å². The summed E-state index contributed by atoms with van der Waals surface area (Å²) in [7, 11) is 0. The SMILES string of the molecule is CCN(CC)C(=O)C1CCCN1c1ncnc2ccccc12. The van der Waals surface area contributed by atoms with Crippen LogP contribution in [0.5, 0.6) is 0 Å². The fourth-order valence-corrected chi connectivity index (χ4v) is 3.24. The van der Waals surface area contributed by atoms with E-state index in [1.54, 1.807) is 6.33 Å². The first-order chi connectivity index (χ1) is 10.8. The maximum Gasteiger partial charge on any atom is 0.245 e. The number of hydrogen-bond acceptors (Lipinski definition) is 4. The lowest BCUT2D eigenvalue weighted by Crippen LogP contribution is -2.46. The topological polar surface area (TPSA) is 49.3 Å². The average Bonchev–Trinajstić information content (AvgIpc) is 3.04. The number of amides is 1. The molecule has 1 fully saturated rings. The molecule has 1 unspecified atom stereocenters. The molecule has 1 aliphatic rings. The van der Waals surface area contributed by atoms with Gasteiger partial charge in [-0.3, -0.25) is 4.79 Å². The third kappa shape index (κ3) is 2.51. The number of fused-ring (bicyclic) bond motifs is 1. The number of anilines is 1. The molecule has 5 nitrogen and oxygen atoms in total. The van der Waals surface area contributed by atoms with E-state index in [2.05, 4.69) is 14.9 Å². The maximum atomic E-state index is 12.8. The molecule has 0 spiro atoms. The fourth-order valence-electron chi connectivity index (χ4n) is 3.24. The van der Waals surface area contributed by atoms with Gasteiger partial charge in [0.15, 0.2) is 0 Å². The van der Waals surface area contributed by atoms with Gasteiger partial charge in [0.1, 0.15) is 18.2 Å². The van der Waals surface area contributed by atoms with Crippen molar-refractivity contribution in [3.05, 3.63) is 30.6 Å². The molecule has 0 aliphatic carbocycles. The van der Waals surface area contributed by atoms with Gasteiger partial charge in [-0.25, -0.2) is 9.97 Å². The molecule has 1 atom stereocenters. The van der Waals surface area contributed by atoms with Gasteiger partial charge in [0.25, 0.3) is 0 Å². The van der Waals surface area contributed by atoms with Gasteiger partial charge in [-0.1, -0.05) is 12.1 Å². The second kappa shape index (κ2) is 6.30. The zero-order valence-corrected chi connectivity index (χ0v) is 13.2. The Balaban J connectivity index is 1.97. The average molecular weight is 298 g/mol. The molecule has 3 rings (SSSR count). The van der Waals surface area contributed by atoms with Crippen LogP contribution in [0.2, 0.25) is 0 Å². The van der Waals surface area contributed by atoms with Crippen LogP contribution in [0, 0.1) is 0 Å². The molecule has 116 valence electrons. The molecule has 0 radical (unpaired) electrons. The monoisotopic (exact) mass is 298 g/mol. The number of rotatable bonds is 4. The predicted octanol–water partition coefficient (Wildman–Crippen LogP) is 2.47. The molecule has 2 aromatic rings. The second-order valence-corrected chi connectivity index (χ2v) is 5.58. The summed E-state index contributed by atoms with van der Waals surface area (Å²) in [6.45, 7) is 6.44. The number of likely N-dealkylation sites (N-methyl/N-ethyl adjacent to an activating group) is 1. The Hall–Kier alpha value is -2.17. The first kappa shape index (κ1) is 14.8. The molecule has 0 bridgehead atoms. The van der Waals surface area contributed by atoms with Crippen LogP contribution in [0.3, 0.4) is 0 Å². The van der Waals surface area contributed by atoms with E-state index < -0.39 is 0 Å².